The molecule has 3 aromatic carbocycles. The van der Waals surface area contributed by atoms with Crippen LogP contribution in [0.2, 0.25) is 0 Å². The van der Waals surface area contributed by atoms with Gasteiger partial charge in [0.15, 0.2) is 0 Å². The lowest BCUT2D eigenvalue weighted by Gasteiger charge is -2.18. The molecule has 0 heterocycles. The number of carboxylic acid groups (broad SMARTS) is 1. The van der Waals surface area contributed by atoms with Crippen molar-refractivity contribution in [3.05, 3.63) is 93.3 Å². The summed E-state index contributed by atoms with van der Waals surface area (Å²) in [6, 6.07) is 15.1. The van der Waals surface area contributed by atoms with Gasteiger partial charge in [-0.25, -0.2) is 9.59 Å². The summed E-state index contributed by atoms with van der Waals surface area (Å²) in [6.45, 7) is -0.0422. The number of ether oxygens (including phenoxy) is 1. The summed E-state index contributed by atoms with van der Waals surface area (Å²) in [6.07, 6.45) is -1.53. The molecular formula is C24H19FN2O7. The van der Waals surface area contributed by atoms with E-state index in [1.807, 2.05) is 48.5 Å². The highest BCUT2D eigenvalue weighted by Gasteiger charge is 2.30. The summed E-state index contributed by atoms with van der Waals surface area (Å²) in [5.41, 5.74) is 2.90. The molecule has 1 atom stereocenters. The van der Waals surface area contributed by atoms with Crippen molar-refractivity contribution in [2.45, 2.75) is 18.4 Å². The van der Waals surface area contributed by atoms with Crippen LogP contribution in [0.25, 0.3) is 11.1 Å². The van der Waals surface area contributed by atoms with Crippen molar-refractivity contribution < 1.29 is 33.9 Å². The molecule has 0 radical (unpaired) electrons. The van der Waals surface area contributed by atoms with Crippen molar-refractivity contribution in [1.82, 2.24) is 5.32 Å². The number of nitro benzene ring substituents is 1. The normalized spacial score (nSPS) is 13.0. The van der Waals surface area contributed by atoms with E-state index in [0.29, 0.717) is 6.07 Å². The van der Waals surface area contributed by atoms with Crippen LogP contribution in [0.1, 0.15) is 22.6 Å². The predicted octanol–water partition coefficient (Wildman–Crippen LogP) is 3.97. The predicted molar refractivity (Wildman–Crippen MR) is 118 cm³/mol. The number of alkyl carbamates (subject to hydrolysis) is 1. The number of carboxylic acids is 1. The second-order valence-corrected chi connectivity index (χ2v) is 7.75. The van der Waals surface area contributed by atoms with Gasteiger partial charge in [-0.3, -0.25) is 10.1 Å². The SMILES string of the molecule is O=C(NC(Cc1cc([N+](=O)[O-])c(F)cc1O)C(=O)O)OCC1c2ccccc2-c2ccccc21. The minimum atomic E-state index is -1.58. The van der Waals surface area contributed by atoms with E-state index in [0.717, 1.165) is 28.3 Å². The topological polar surface area (TPSA) is 139 Å². The van der Waals surface area contributed by atoms with Gasteiger partial charge in [0.25, 0.3) is 0 Å². The third-order valence-corrected chi connectivity index (χ3v) is 5.70. The molecular weight excluding hydrogens is 447 g/mol. The molecule has 9 nitrogen and oxygen atoms in total. The number of benzene rings is 3. The van der Waals surface area contributed by atoms with Crippen LogP contribution in [0.5, 0.6) is 5.75 Å². The van der Waals surface area contributed by atoms with E-state index >= 15 is 0 Å². The van der Waals surface area contributed by atoms with Crippen LogP contribution in [-0.2, 0) is 16.0 Å². The van der Waals surface area contributed by atoms with Crippen molar-refractivity contribution in [2.75, 3.05) is 6.61 Å². The van der Waals surface area contributed by atoms with E-state index in [4.69, 9.17) is 4.74 Å². The second-order valence-electron chi connectivity index (χ2n) is 7.75. The number of hydrogen-bond acceptors (Lipinski definition) is 6. The van der Waals surface area contributed by atoms with E-state index in [1.165, 1.54) is 0 Å². The molecule has 1 aliphatic rings. The molecule has 3 aromatic rings. The summed E-state index contributed by atoms with van der Waals surface area (Å²) in [4.78, 5) is 34.0. The maximum absolute atomic E-state index is 13.6. The molecule has 0 aliphatic heterocycles. The number of amides is 1. The van der Waals surface area contributed by atoms with Gasteiger partial charge in [-0.2, -0.15) is 4.39 Å². The van der Waals surface area contributed by atoms with E-state index in [-0.39, 0.29) is 18.1 Å². The highest BCUT2D eigenvalue weighted by atomic mass is 19.1. The number of carbonyl (C=O) groups excluding carboxylic acids is 1. The number of halogens is 1. The highest BCUT2D eigenvalue weighted by Crippen LogP contribution is 2.44. The van der Waals surface area contributed by atoms with Gasteiger partial charge in [-0.1, -0.05) is 48.5 Å². The monoisotopic (exact) mass is 466 g/mol. The number of phenols is 1. The van der Waals surface area contributed by atoms with Crippen LogP contribution in [0.4, 0.5) is 14.9 Å². The Morgan fingerprint density at radius 2 is 1.68 bits per heavy atom. The Morgan fingerprint density at radius 1 is 1.09 bits per heavy atom. The molecule has 174 valence electrons. The summed E-state index contributed by atoms with van der Waals surface area (Å²) >= 11 is 0. The number of rotatable bonds is 7. The molecule has 0 bridgehead atoms. The lowest BCUT2D eigenvalue weighted by atomic mass is 9.98. The zero-order valence-corrected chi connectivity index (χ0v) is 17.6. The van der Waals surface area contributed by atoms with Gasteiger partial charge in [0.1, 0.15) is 18.4 Å². The molecule has 0 fully saturated rings. The van der Waals surface area contributed by atoms with Gasteiger partial charge in [-0.15, -0.1) is 0 Å². The quantitative estimate of drug-likeness (QED) is 0.354. The maximum Gasteiger partial charge on any atom is 0.407 e. The number of nitrogens with zero attached hydrogens (tertiary/aromatic N) is 1. The Balaban J connectivity index is 1.46. The highest BCUT2D eigenvalue weighted by molar-refractivity contribution is 5.81. The lowest BCUT2D eigenvalue weighted by Crippen LogP contribution is -2.43. The molecule has 0 aromatic heterocycles. The van der Waals surface area contributed by atoms with E-state index in [9.17, 15) is 34.3 Å². The Morgan fingerprint density at radius 3 is 2.24 bits per heavy atom. The smallest absolute Gasteiger partial charge is 0.407 e. The average molecular weight is 466 g/mol. The first-order valence-corrected chi connectivity index (χ1v) is 10.3. The average Bonchev–Trinajstić information content (AvgIpc) is 3.12. The standard InChI is InChI=1S/C24H19FN2O7/c25-19-11-22(28)13(10-21(19)27(32)33)9-20(23(29)30)26-24(31)34-12-18-16-7-3-1-5-14(16)15-6-2-4-8-17(15)18/h1-8,10-11,18,20,28H,9,12H2,(H,26,31)(H,29,30). The van der Waals surface area contributed by atoms with E-state index < -0.39 is 46.7 Å². The van der Waals surface area contributed by atoms with Crippen molar-refractivity contribution in [1.29, 1.82) is 0 Å². The fraction of sp³-hybridized carbons (Fsp3) is 0.167. The third-order valence-electron chi connectivity index (χ3n) is 5.70. The number of aliphatic carboxylic acids is 1. The van der Waals surface area contributed by atoms with Gasteiger partial charge in [0.05, 0.1) is 4.92 Å². The number of nitrogens with one attached hydrogen (secondary N) is 1. The van der Waals surface area contributed by atoms with Crippen molar-refractivity contribution in [3.8, 4) is 16.9 Å². The Hall–Kier alpha value is -4.47. The summed E-state index contributed by atoms with van der Waals surface area (Å²) < 4.78 is 19.0. The Kier molecular flexibility index (Phi) is 6.13. The van der Waals surface area contributed by atoms with Crippen molar-refractivity contribution in [3.63, 3.8) is 0 Å². The summed E-state index contributed by atoms with van der Waals surface area (Å²) in [5.74, 6) is -3.61. The van der Waals surface area contributed by atoms with Crippen LogP contribution < -0.4 is 5.32 Å². The second kappa shape index (κ2) is 9.18. The lowest BCUT2D eigenvalue weighted by molar-refractivity contribution is -0.387. The van der Waals surface area contributed by atoms with Gasteiger partial charge in [-0.05, 0) is 22.3 Å². The maximum atomic E-state index is 13.6. The minimum absolute atomic E-state index is 0.0422. The number of hydrogen-bond donors (Lipinski definition) is 3. The molecule has 10 heteroatoms. The number of phenolic OH excluding ortho intramolecular Hbond substituents is 1. The van der Waals surface area contributed by atoms with Crippen LogP contribution in [0.15, 0.2) is 60.7 Å². The zero-order valence-electron chi connectivity index (χ0n) is 17.6. The molecule has 1 unspecified atom stereocenters. The molecule has 0 saturated heterocycles. The van der Waals surface area contributed by atoms with Crippen LogP contribution in [0.3, 0.4) is 0 Å². The number of carbonyl (C=O) groups is 2. The Bertz CT molecular complexity index is 1250. The number of aromatic hydroxyl groups is 1. The van der Waals surface area contributed by atoms with Crippen LogP contribution >= 0.6 is 0 Å². The van der Waals surface area contributed by atoms with E-state index in [2.05, 4.69) is 5.32 Å². The molecule has 1 amide bonds. The molecule has 0 spiro atoms. The van der Waals surface area contributed by atoms with Gasteiger partial charge in [0.2, 0.25) is 5.82 Å². The number of nitro groups is 1. The molecule has 34 heavy (non-hydrogen) atoms. The Labute approximate surface area is 192 Å². The van der Waals surface area contributed by atoms with Crippen molar-refractivity contribution in [2.24, 2.45) is 0 Å². The van der Waals surface area contributed by atoms with E-state index in [1.54, 1.807) is 0 Å². The largest absolute Gasteiger partial charge is 0.508 e. The van der Waals surface area contributed by atoms with Gasteiger partial charge < -0.3 is 20.3 Å². The first-order valence-electron chi connectivity index (χ1n) is 10.3. The molecule has 4 rings (SSSR count). The first kappa shape index (κ1) is 22.7. The first-order chi connectivity index (χ1) is 16.3. The van der Waals surface area contributed by atoms with Gasteiger partial charge >= 0.3 is 17.7 Å². The summed E-state index contributed by atoms with van der Waals surface area (Å²) in [7, 11) is 0. The zero-order chi connectivity index (χ0) is 24.4. The fourth-order valence-electron chi connectivity index (χ4n) is 4.10. The van der Waals surface area contributed by atoms with Crippen LogP contribution in [0, 0.1) is 15.9 Å². The summed E-state index contributed by atoms with van der Waals surface area (Å²) in [5, 5.41) is 32.5. The third kappa shape index (κ3) is 4.38. The van der Waals surface area contributed by atoms with Crippen LogP contribution in [-0.4, -0.2) is 39.8 Å². The molecule has 0 saturated carbocycles. The van der Waals surface area contributed by atoms with Gasteiger partial charge in [0, 0.05) is 30.0 Å². The number of fused-ring (bicyclic) bond motifs is 3. The van der Waals surface area contributed by atoms with Crippen molar-refractivity contribution >= 4 is 17.7 Å². The molecule has 3 N–H and O–H groups in total. The molecule has 1 aliphatic carbocycles. The fourth-order valence-corrected chi connectivity index (χ4v) is 4.10. The minimum Gasteiger partial charge on any atom is -0.508 e.